The zero-order valence-electron chi connectivity index (χ0n) is 14.9. The molecule has 0 radical (unpaired) electrons. The molecule has 1 atom stereocenters. The molecule has 2 aliphatic heterocycles. The van der Waals surface area contributed by atoms with Crippen LogP contribution in [0.5, 0.6) is 0 Å². The van der Waals surface area contributed by atoms with E-state index in [1.807, 2.05) is 12.1 Å². The Morgan fingerprint density at radius 1 is 1.15 bits per heavy atom. The fourth-order valence-electron chi connectivity index (χ4n) is 3.48. The van der Waals surface area contributed by atoms with Crippen molar-refractivity contribution in [2.75, 3.05) is 39.5 Å². The zero-order valence-corrected chi connectivity index (χ0v) is 14.9. The minimum Gasteiger partial charge on any atom is -0.483 e. The van der Waals surface area contributed by atoms with E-state index in [4.69, 9.17) is 24.5 Å². The maximum absolute atomic E-state index is 10.7. The number of carboxylic acid groups (broad SMARTS) is 2. The van der Waals surface area contributed by atoms with Crippen molar-refractivity contribution in [1.29, 1.82) is 0 Å². The van der Waals surface area contributed by atoms with Crippen LogP contribution in [0.25, 0.3) is 0 Å². The molecule has 1 aromatic carbocycles. The third kappa shape index (κ3) is 6.74. The molecule has 0 aliphatic carbocycles. The largest absolute Gasteiger partial charge is 0.483 e. The summed E-state index contributed by atoms with van der Waals surface area (Å²) < 4.78 is 11.2. The van der Waals surface area contributed by atoms with Crippen LogP contribution < -0.4 is 0 Å². The van der Waals surface area contributed by atoms with Gasteiger partial charge in [-0.3, -0.25) is 14.5 Å². The summed E-state index contributed by atoms with van der Waals surface area (Å²) in [7, 11) is 0. The van der Waals surface area contributed by atoms with Gasteiger partial charge in [0.1, 0.15) is 0 Å². The minimum atomic E-state index is -0.781. The SMILES string of the molecule is O=C(O)Cc1ccc(CC2CCN(C3COCCOC3)C2)cc1.O=CO. The Bertz CT molecular complexity index is 554. The predicted molar refractivity (Wildman–Crippen MR) is 95.3 cm³/mol. The summed E-state index contributed by atoms with van der Waals surface area (Å²) in [6.07, 6.45) is 2.35. The van der Waals surface area contributed by atoms with Gasteiger partial charge < -0.3 is 19.7 Å². The van der Waals surface area contributed by atoms with Gasteiger partial charge in [0.05, 0.1) is 38.9 Å². The Kier molecular flexibility index (Phi) is 8.53. The maximum atomic E-state index is 10.7. The first-order chi connectivity index (χ1) is 12.6. The van der Waals surface area contributed by atoms with Crippen LogP contribution in [0.4, 0.5) is 0 Å². The van der Waals surface area contributed by atoms with Crippen molar-refractivity contribution in [3.05, 3.63) is 35.4 Å². The van der Waals surface area contributed by atoms with Crippen molar-refractivity contribution in [2.24, 2.45) is 5.92 Å². The van der Waals surface area contributed by atoms with Gasteiger partial charge >= 0.3 is 5.97 Å². The monoisotopic (exact) mass is 365 g/mol. The molecule has 1 unspecified atom stereocenters. The molecule has 0 saturated carbocycles. The van der Waals surface area contributed by atoms with Gasteiger partial charge in [-0.2, -0.15) is 0 Å². The number of rotatable bonds is 5. The lowest BCUT2D eigenvalue weighted by molar-refractivity contribution is -0.136. The average molecular weight is 365 g/mol. The third-order valence-electron chi connectivity index (χ3n) is 4.73. The summed E-state index contributed by atoms with van der Waals surface area (Å²) >= 11 is 0. The van der Waals surface area contributed by atoms with Crippen molar-refractivity contribution in [3.8, 4) is 0 Å². The Labute approximate surface area is 153 Å². The molecule has 0 spiro atoms. The van der Waals surface area contributed by atoms with Gasteiger partial charge in [-0.25, -0.2) is 0 Å². The standard InChI is InChI=1S/C18H25NO4.CH2O2/c20-18(21)10-15-3-1-14(2-4-15)9-16-5-6-19(11-16)17-12-22-7-8-23-13-17;2-1-3/h1-4,16-17H,5-13H2,(H,20,21);1H,(H,2,3). The van der Waals surface area contributed by atoms with E-state index in [1.165, 1.54) is 12.0 Å². The quantitative estimate of drug-likeness (QED) is 0.759. The number of hydrogen-bond donors (Lipinski definition) is 2. The van der Waals surface area contributed by atoms with Crippen LogP contribution in [0.2, 0.25) is 0 Å². The predicted octanol–water partition coefficient (Wildman–Crippen LogP) is 1.29. The highest BCUT2D eigenvalue weighted by atomic mass is 16.5. The van der Waals surface area contributed by atoms with Gasteiger partial charge in [0.15, 0.2) is 0 Å². The Morgan fingerprint density at radius 3 is 2.31 bits per heavy atom. The van der Waals surface area contributed by atoms with Gasteiger partial charge in [-0.05, 0) is 36.4 Å². The van der Waals surface area contributed by atoms with Crippen molar-refractivity contribution in [2.45, 2.75) is 25.3 Å². The summed E-state index contributed by atoms with van der Waals surface area (Å²) in [5.74, 6) is -0.124. The number of carboxylic acids is 1. The Balaban J connectivity index is 0.000000758. The second-order valence-corrected chi connectivity index (χ2v) is 6.65. The van der Waals surface area contributed by atoms with E-state index in [1.54, 1.807) is 0 Å². The number of likely N-dealkylation sites (tertiary alicyclic amines) is 1. The van der Waals surface area contributed by atoms with Crippen LogP contribution >= 0.6 is 0 Å². The summed E-state index contributed by atoms with van der Waals surface area (Å²) in [4.78, 5) is 21.6. The van der Waals surface area contributed by atoms with Crippen molar-refractivity contribution in [3.63, 3.8) is 0 Å². The van der Waals surface area contributed by atoms with E-state index in [-0.39, 0.29) is 12.9 Å². The normalized spacial score (nSPS) is 21.5. The Hall–Kier alpha value is -1.96. The molecule has 0 aromatic heterocycles. The van der Waals surface area contributed by atoms with E-state index in [2.05, 4.69) is 17.0 Å². The molecule has 0 bridgehead atoms. The van der Waals surface area contributed by atoms with Gasteiger partial charge in [0.2, 0.25) is 0 Å². The van der Waals surface area contributed by atoms with E-state index < -0.39 is 5.97 Å². The molecule has 2 saturated heterocycles. The average Bonchev–Trinajstić information content (AvgIpc) is 2.90. The molecule has 0 amide bonds. The van der Waals surface area contributed by atoms with E-state index in [9.17, 15) is 4.79 Å². The molecular formula is C19H27NO6. The molecule has 144 valence electrons. The molecule has 2 fully saturated rings. The number of nitrogens with zero attached hydrogens (tertiary/aromatic N) is 1. The van der Waals surface area contributed by atoms with Crippen LogP contribution in [0.3, 0.4) is 0 Å². The molecule has 7 heteroatoms. The Morgan fingerprint density at radius 2 is 1.73 bits per heavy atom. The summed E-state index contributed by atoms with van der Waals surface area (Å²) in [6.45, 7) is 4.91. The lowest BCUT2D eigenvalue weighted by Gasteiger charge is -2.25. The lowest BCUT2D eigenvalue weighted by atomic mass is 9.97. The highest BCUT2D eigenvalue weighted by molar-refractivity contribution is 5.70. The lowest BCUT2D eigenvalue weighted by Crippen LogP contribution is -2.39. The van der Waals surface area contributed by atoms with Crippen LogP contribution in [0.15, 0.2) is 24.3 Å². The summed E-state index contributed by atoms with van der Waals surface area (Å²) in [6, 6.07) is 8.39. The molecule has 2 N–H and O–H groups in total. The van der Waals surface area contributed by atoms with E-state index in [0.29, 0.717) is 25.2 Å². The molecule has 1 aromatic rings. The smallest absolute Gasteiger partial charge is 0.307 e. The van der Waals surface area contributed by atoms with Gasteiger partial charge in [-0.15, -0.1) is 0 Å². The fourth-order valence-corrected chi connectivity index (χ4v) is 3.48. The highest BCUT2D eigenvalue weighted by Crippen LogP contribution is 2.23. The zero-order chi connectivity index (χ0) is 18.8. The first-order valence-electron chi connectivity index (χ1n) is 8.89. The summed E-state index contributed by atoms with van der Waals surface area (Å²) in [5.41, 5.74) is 2.15. The van der Waals surface area contributed by atoms with Gasteiger partial charge in [-0.1, -0.05) is 24.3 Å². The minimum absolute atomic E-state index is 0.0964. The van der Waals surface area contributed by atoms with Crippen LogP contribution in [-0.2, 0) is 31.9 Å². The first-order valence-corrected chi connectivity index (χ1v) is 8.89. The van der Waals surface area contributed by atoms with Crippen LogP contribution in [-0.4, -0.2) is 73.1 Å². The van der Waals surface area contributed by atoms with Crippen molar-refractivity contribution >= 4 is 12.4 Å². The second-order valence-electron chi connectivity index (χ2n) is 6.65. The highest BCUT2D eigenvalue weighted by Gasteiger charge is 2.29. The van der Waals surface area contributed by atoms with E-state index in [0.717, 1.165) is 38.3 Å². The number of carbonyl (C=O) groups is 2. The molecule has 3 rings (SSSR count). The number of ether oxygens (including phenoxy) is 2. The molecule has 2 aliphatic rings. The van der Waals surface area contributed by atoms with Crippen LogP contribution in [0, 0.1) is 5.92 Å². The topological polar surface area (TPSA) is 96.3 Å². The molecule has 7 nitrogen and oxygen atoms in total. The number of benzene rings is 1. The third-order valence-corrected chi connectivity index (χ3v) is 4.73. The number of aliphatic carboxylic acids is 1. The van der Waals surface area contributed by atoms with Crippen molar-refractivity contribution < 1.29 is 29.3 Å². The summed E-state index contributed by atoms with van der Waals surface area (Å²) in [5, 5.41) is 15.7. The molecule has 26 heavy (non-hydrogen) atoms. The fraction of sp³-hybridized carbons (Fsp3) is 0.579. The van der Waals surface area contributed by atoms with E-state index >= 15 is 0 Å². The number of hydrogen-bond acceptors (Lipinski definition) is 5. The van der Waals surface area contributed by atoms with Crippen molar-refractivity contribution in [1.82, 2.24) is 4.90 Å². The molecular weight excluding hydrogens is 338 g/mol. The van der Waals surface area contributed by atoms with Crippen LogP contribution in [0.1, 0.15) is 17.5 Å². The molecule has 2 heterocycles. The first kappa shape index (κ1) is 20.4. The van der Waals surface area contributed by atoms with Gasteiger partial charge in [0.25, 0.3) is 6.47 Å². The second kappa shape index (κ2) is 10.9. The maximum Gasteiger partial charge on any atom is 0.307 e. The van der Waals surface area contributed by atoms with Gasteiger partial charge in [0, 0.05) is 6.54 Å².